The fourth-order valence-corrected chi connectivity index (χ4v) is 5.91. The molecule has 0 radical (unpaired) electrons. The second kappa shape index (κ2) is 8.41. The van der Waals surface area contributed by atoms with E-state index in [1.54, 1.807) is 18.2 Å². The maximum absolute atomic E-state index is 12.9. The van der Waals surface area contributed by atoms with Gasteiger partial charge in [0.25, 0.3) is 5.91 Å². The van der Waals surface area contributed by atoms with Gasteiger partial charge >= 0.3 is 0 Å². The summed E-state index contributed by atoms with van der Waals surface area (Å²) in [6.45, 7) is 1.37. The van der Waals surface area contributed by atoms with Crippen LogP contribution in [0.5, 0.6) is 0 Å². The number of carbonyl (C=O) groups is 2. The second-order valence-corrected chi connectivity index (χ2v) is 9.69. The zero-order chi connectivity index (χ0) is 21.3. The first-order valence-electron chi connectivity index (χ1n) is 9.83. The summed E-state index contributed by atoms with van der Waals surface area (Å²) in [6, 6.07) is 6.91. The monoisotopic (exact) mass is 451 g/mol. The van der Waals surface area contributed by atoms with Gasteiger partial charge in [-0.3, -0.25) is 9.59 Å². The van der Waals surface area contributed by atoms with E-state index in [-0.39, 0.29) is 27.5 Å². The lowest BCUT2D eigenvalue weighted by Gasteiger charge is -2.23. The van der Waals surface area contributed by atoms with Crippen LogP contribution in [-0.2, 0) is 14.8 Å². The number of benzene rings is 1. The molecule has 0 spiro atoms. The molecule has 1 N–H and O–H groups in total. The Hall–Kier alpha value is -2.36. The number of nitrogens with one attached hydrogen (secondary N) is 1. The fraction of sp³-hybridized carbons (Fsp3) is 0.400. The highest BCUT2D eigenvalue weighted by atomic mass is 35.5. The first-order chi connectivity index (χ1) is 14.4. The number of furan rings is 1. The highest BCUT2D eigenvalue weighted by Gasteiger charge is 2.36. The molecule has 30 heavy (non-hydrogen) atoms. The quantitative estimate of drug-likeness (QED) is 0.753. The maximum Gasteiger partial charge on any atom is 0.290 e. The minimum atomic E-state index is -3.73. The summed E-state index contributed by atoms with van der Waals surface area (Å²) in [5, 5.41) is 2.85. The van der Waals surface area contributed by atoms with E-state index in [9.17, 15) is 18.0 Å². The van der Waals surface area contributed by atoms with Gasteiger partial charge in [-0.25, -0.2) is 8.42 Å². The third-order valence-electron chi connectivity index (χ3n) is 5.43. The molecule has 2 aliphatic heterocycles. The van der Waals surface area contributed by atoms with Crippen molar-refractivity contribution in [3.63, 3.8) is 0 Å². The Kier molecular flexibility index (Phi) is 5.86. The first-order valence-corrected chi connectivity index (χ1v) is 11.6. The van der Waals surface area contributed by atoms with E-state index in [1.165, 1.54) is 27.6 Å². The number of likely N-dealkylation sites (tertiary alicyclic amines) is 1. The molecule has 1 aromatic carbocycles. The van der Waals surface area contributed by atoms with Crippen LogP contribution in [0.2, 0.25) is 5.02 Å². The molecule has 2 aromatic rings. The van der Waals surface area contributed by atoms with Crippen molar-refractivity contribution in [2.45, 2.75) is 36.6 Å². The van der Waals surface area contributed by atoms with Gasteiger partial charge in [-0.1, -0.05) is 11.6 Å². The molecule has 2 fully saturated rings. The lowest BCUT2D eigenvalue weighted by atomic mass is 10.2. The van der Waals surface area contributed by atoms with Crippen LogP contribution in [0.1, 0.15) is 36.2 Å². The SMILES string of the molecule is O=C(Nc1ccc(Cl)c(S(=O)(=O)N2CCCC2)c1)[C@@H]1CCCN1C(=O)c1ccco1. The van der Waals surface area contributed by atoms with Crippen LogP contribution in [0.15, 0.2) is 45.9 Å². The summed E-state index contributed by atoms with van der Waals surface area (Å²) in [5.41, 5.74) is 0.319. The Morgan fingerprint density at radius 1 is 1.10 bits per heavy atom. The Bertz CT molecular complexity index is 1050. The molecule has 2 amide bonds. The number of carbonyl (C=O) groups excluding carboxylic acids is 2. The molecule has 3 heterocycles. The molecule has 160 valence electrons. The van der Waals surface area contributed by atoms with Gasteiger partial charge in [0.2, 0.25) is 15.9 Å². The molecular formula is C20H22ClN3O5S. The zero-order valence-electron chi connectivity index (χ0n) is 16.2. The van der Waals surface area contributed by atoms with Crippen LogP contribution < -0.4 is 5.32 Å². The van der Waals surface area contributed by atoms with Crippen molar-refractivity contribution in [2.24, 2.45) is 0 Å². The molecule has 0 bridgehead atoms. The molecule has 0 unspecified atom stereocenters. The third-order valence-corrected chi connectivity index (χ3v) is 7.81. The molecule has 2 aliphatic rings. The van der Waals surface area contributed by atoms with Gasteiger partial charge in [-0.15, -0.1) is 0 Å². The van der Waals surface area contributed by atoms with Gasteiger partial charge in [-0.2, -0.15) is 4.31 Å². The van der Waals surface area contributed by atoms with E-state index in [1.807, 2.05) is 0 Å². The van der Waals surface area contributed by atoms with Crippen molar-refractivity contribution in [3.05, 3.63) is 47.4 Å². The average Bonchev–Trinajstić information content (AvgIpc) is 3.50. The van der Waals surface area contributed by atoms with Gasteiger partial charge < -0.3 is 14.6 Å². The smallest absolute Gasteiger partial charge is 0.290 e. The zero-order valence-corrected chi connectivity index (χ0v) is 17.8. The lowest BCUT2D eigenvalue weighted by molar-refractivity contribution is -0.119. The highest BCUT2D eigenvalue weighted by molar-refractivity contribution is 7.89. The normalized spacial score (nSPS) is 19.9. The summed E-state index contributed by atoms with van der Waals surface area (Å²) in [6.07, 6.45) is 4.25. The van der Waals surface area contributed by atoms with E-state index in [2.05, 4.69) is 5.32 Å². The number of halogens is 1. The largest absolute Gasteiger partial charge is 0.459 e. The summed E-state index contributed by atoms with van der Waals surface area (Å²) < 4.78 is 32.3. The minimum absolute atomic E-state index is 0.0289. The van der Waals surface area contributed by atoms with Gasteiger partial charge in [0, 0.05) is 25.3 Å². The Morgan fingerprint density at radius 3 is 2.57 bits per heavy atom. The van der Waals surface area contributed by atoms with Crippen molar-refractivity contribution in [1.82, 2.24) is 9.21 Å². The van der Waals surface area contributed by atoms with Crippen molar-refractivity contribution < 1.29 is 22.4 Å². The predicted molar refractivity (Wildman–Crippen MR) is 111 cm³/mol. The minimum Gasteiger partial charge on any atom is -0.459 e. The molecule has 0 aliphatic carbocycles. The van der Waals surface area contributed by atoms with E-state index >= 15 is 0 Å². The van der Waals surface area contributed by atoms with Crippen molar-refractivity contribution in [3.8, 4) is 0 Å². The number of nitrogens with zero attached hydrogens (tertiary/aromatic N) is 2. The molecular weight excluding hydrogens is 430 g/mol. The van der Waals surface area contributed by atoms with Crippen LogP contribution in [-0.4, -0.2) is 55.1 Å². The summed E-state index contributed by atoms with van der Waals surface area (Å²) in [5.74, 6) is -0.537. The topological polar surface area (TPSA) is 99.9 Å². The van der Waals surface area contributed by atoms with Crippen LogP contribution in [0, 0.1) is 0 Å². The highest BCUT2D eigenvalue weighted by Crippen LogP contribution is 2.30. The average molecular weight is 452 g/mol. The van der Waals surface area contributed by atoms with Gasteiger partial charge in [0.1, 0.15) is 10.9 Å². The summed E-state index contributed by atoms with van der Waals surface area (Å²) in [7, 11) is -3.73. The number of amides is 2. The van der Waals surface area contributed by atoms with E-state index in [4.69, 9.17) is 16.0 Å². The van der Waals surface area contributed by atoms with E-state index in [0.717, 1.165) is 12.8 Å². The molecule has 1 aromatic heterocycles. The summed E-state index contributed by atoms with van der Waals surface area (Å²) in [4.78, 5) is 26.9. The van der Waals surface area contributed by atoms with E-state index < -0.39 is 16.1 Å². The Labute approximate surface area is 179 Å². The second-order valence-electron chi connectivity index (χ2n) is 7.38. The van der Waals surface area contributed by atoms with Gasteiger partial charge in [0.15, 0.2) is 5.76 Å². The molecule has 0 saturated carbocycles. The standard InChI is InChI=1S/C20H22ClN3O5S/c21-15-8-7-14(13-18(15)30(27,28)23-9-1-2-10-23)22-19(25)16-5-3-11-24(16)20(26)17-6-4-12-29-17/h4,6-8,12-13,16H,1-3,5,9-11H2,(H,22,25)/t16-/m0/s1. The van der Waals surface area contributed by atoms with Crippen LogP contribution in [0.25, 0.3) is 0 Å². The predicted octanol–water partition coefficient (Wildman–Crippen LogP) is 2.96. The Morgan fingerprint density at radius 2 is 1.87 bits per heavy atom. The van der Waals surface area contributed by atoms with Crippen molar-refractivity contribution >= 4 is 39.1 Å². The molecule has 4 rings (SSSR count). The van der Waals surface area contributed by atoms with Crippen LogP contribution in [0.4, 0.5) is 5.69 Å². The van der Waals surface area contributed by atoms with Crippen molar-refractivity contribution in [1.29, 1.82) is 0 Å². The molecule has 2 saturated heterocycles. The number of hydrogen-bond donors (Lipinski definition) is 1. The van der Waals surface area contributed by atoms with Gasteiger partial charge in [0.05, 0.1) is 11.3 Å². The fourth-order valence-electron chi connectivity index (χ4n) is 3.90. The maximum atomic E-state index is 12.9. The lowest BCUT2D eigenvalue weighted by Crippen LogP contribution is -2.43. The molecule has 8 nitrogen and oxygen atoms in total. The van der Waals surface area contributed by atoms with Crippen LogP contribution >= 0.6 is 11.6 Å². The first kappa shape index (κ1) is 20.9. The van der Waals surface area contributed by atoms with Gasteiger partial charge in [-0.05, 0) is 56.0 Å². The molecule has 10 heteroatoms. The van der Waals surface area contributed by atoms with E-state index in [0.29, 0.717) is 38.2 Å². The Balaban J connectivity index is 1.53. The number of rotatable bonds is 5. The molecule has 1 atom stereocenters. The number of anilines is 1. The summed E-state index contributed by atoms with van der Waals surface area (Å²) >= 11 is 6.16. The number of hydrogen-bond acceptors (Lipinski definition) is 5. The third kappa shape index (κ3) is 3.97. The van der Waals surface area contributed by atoms with Crippen molar-refractivity contribution in [2.75, 3.05) is 25.0 Å². The van der Waals surface area contributed by atoms with Crippen LogP contribution in [0.3, 0.4) is 0 Å². The number of sulfonamides is 1.